The molecule has 0 saturated carbocycles. The number of halogens is 1. The first-order chi connectivity index (χ1) is 10.5. The molecule has 0 aliphatic rings. The van der Waals surface area contributed by atoms with Gasteiger partial charge in [0.25, 0.3) is 0 Å². The van der Waals surface area contributed by atoms with E-state index in [9.17, 15) is 19.1 Å². The van der Waals surface area contributed by atoms with Crippen molar-refractivity contribution >= 4 is 11.9 Å². The molecule has 1 rings (SSSR count). The molecule has 0 radical (unpaired) electrons. The highest BCUT2D eigenvalue weighted by molar-refractivity contribution is 5.85. The minimum absolute atomic E-state index is 0.245. The fourth-order valence-electron chi connectivity index (χ4n) is 1.76. The predicted molar refractivity (Wildman–Crippen MR) is 77.0 cm³/mol. The molecule has 0 aliphatic carbocycles. The first-order valence-electron chi connectivity index (χ1n) is 6.89. The molecule has 1 amide bonds. The lowest BCUT2D eigenvalue weighted by molar-refractivity contribution is -0.142. The van der Waals surface area contributed by atoms with Gasteiger partial charge in [0.2, 0.25) is 5.91 Å². The Morgan fingerprint density at radius 1 is 1.32 bits per heavy atom. The Labute approximate surface area is 128 Å². The number of hydrogen-bond donors (Lipinski definition) is 2. The number of aliphatic carboxylic acids is 1. The standard InChI is InChI=1S/C15H20FNO5/c1-3-21-6-7-22-9-13(18)17-14(15(19)20)11-4-5-12(16)10(2)8-11/h4-5,8,14H,3,6-7,9H2,1-2H3,(H,17,18)(H,19,20). The van der Waals surface area contributed by atoms with Crippen molar-refractivity contribution in [2.45, 2.75) is 19.9 Å². The Morgan fingerprint density at radius 3 is 2.59 bits per heavy atom. The molecule has 0 fully saturated rings. The highest BCUT2D eigenvalue weighted by Gasteiger charge is 2.22. The van der Waals surface area contributed by atoms with Crippen LogP contribution in [0.15, 0.2) is 18.2 Å². The molecule has 0 spiro atoms. The Hall–Kier alpha value is -1.99. The van der Waals surface area contributed by atoms with E-state index in [1.807, 2.05) is 6.92 Å². The molecule has 1 aromatic carbocycles. The Bertz CT molecular complexity index is 521. The minimum atomic E-state index is -1.25. The van der Waals surface area contributed by atoms with Gasteiger partial charge in [0.15, 0.2) is 6.04 Å². The summed E-state index contributed by atoms with van der Waals surface area (Å²) >= 11 is 0. The molecule has 1 unspecified atom stereocenters. The van der Waals surface area contributed by atoms with Crippen LogP contribution >= 0.6 is 0 Å². The van der Waals surface area contributed by atoms with E-state index in [4.69, 9.17) is 9.47 Å². The number of aryl methyl sites for hydroxylation is 1. The zero-order valence-electron chi connectivity index (χ0n) is 12.6. The van der Waals surface area contributed by atoms with Crippen LogP contribution in [0.25, 0.3) is 0 Å². The minimum Gasteiger partial charge on any atom is -0.479 e. The van der Waals surface area contributed by atoms with Crippen molar-refractivity contribution in [1.29, 1.82) is 0 Å². The number of carbonyl (C=O) groups is 2. The molecule has 2 N–H and O–H groups in total. The molecular formula is C15H20FNO5. The van der Waals surface area contributed by atoms with Gasteiger partial charge in [0.1, 0.15) is 12.4 Å². The van der Waals surface area contributed by atoms with Crippen LogP contribution in [0, 0.1) is 12.7 Å². The molecule has 7 heteroatoms. The van der Waals surface area contributed by atoms with Gasteiger partial charge < -0.3 is 19.9 Å². The molecule has 0 bridgehead atoms. The number of carboxylic acids is 1. The lowest BCUT2D eigenvalue weighted by Crippen LogP contribution is -2.36. The van der Waals surface area contributed by atoms with Crippen molar-refractivity contribution in [3.05, 3.63) is 35.1 Å². The summed E-state index contributed by atoms with van der Waals surface area (Å²) in [5.41, 5.74) is 0.611. The number of amides is 1. The van der Waals surface area contributed by atoms with E-state index in [2.05, 4.69) is 5.32 Å². The maximum atomic E-state index is 13.2. The monoisotopic (exact) mass is 313 g/mol. The van der Waals surface area contributed by atoms with Crippen molar-refractivity contribution in [2.75, 3.05) is 26.4 Å². The number of hydrogen-bond acceptors (Lipinski definition) is 4. The normalized spacial score (nSPS) is 12.0. The summed E-state index contributed by atoms with van der Waals surface area (Å²) in [5.74, 6) is -2.22. The maximum absolute atomic E-state index is 13.2. The number of ether oxygens (including phenoxy) is 2. The van der Waals surface area contributed by atoms with E-state index in [-0.39, 0.29) is 13.2 Å². The van der Waals surface area contributed by atoms with Crippen LogP contribution in [0.5, 0.6) is 0 Å². The van der Waals surface area contributed by atoms with E-state index in [0.29, 0.717) is 24.3 Å². The first kappa shape index (κ1) is 18.1. The third-order valence-electron chi connectivity index (χ3n) is 2.88. The van der Waals surface area contributed by atoms with Crippen molar-refractivity contribution < 1.29 is 28.6 Å². The zero-order valence-corrected chi connectivity index (χ0v) is 12.6. The van der Waals surface area contributed by atoms with Gasteiger partial charge in [0, 0.05) is 6.61 Å². The number of benzene rings is 1. The topological polar surface area (TPSA) is 84.9 Å². The molecule has 6 nitrogen and oxygen atoms in total. The summed E-state index contributed by atoms with van der Waals surface area (Å²) in [6.45, 7) is 4.26. The Kier molecular flexibility index (Phi) is 7.48. The van der Waals surface area contributed by atoms with Gasteiger partial charge in [-0.15, -0.1) is 0 Å². The molecule has 1 aromatic rings. The lowest BCUT2D eigenvalue weighted by atomic mass is 10.0. The zero-order chi connectivity index (χ0) is 16.5. The van der Waals surface area contributed by atoms with Gasteiger partial charge in [-0.05, 0) is 31.0 Å². The lowest BCUT2D eigenvalue weighted by Gasteiger charge is -2.15. The van der Waals surface area contributed by atoms with Crippen LogP contribution in [0.1, 0.15) is 24.1 Å². The number of carbonyl (C=O) groups excluding carboxylic acids is 1. The van der Waals surface area contributed by atoms with Gasteiger partial charge in [-0.3, -0.25) is 4.79 Å². The molecule has 0 aliphatic heterocycles. The quantitative estimate of drug-likeness (QED) is 0.674. The first-order valence-corrected chi connectivity index (χ1v) is 6.89. The van der Waals surface area contributed by atoms with Crippen LogP contribution in [0.3, 0.4) is 0 Å². The van der Waals surface area contributed by atoms with Crippen molar-refractivity contribution in [3.63, 3.8) is 0 Å². The summed E-state index contributed by atoms with van der Waals surface area (Å²) in [6.07, 6.45) is 0. The molecule has 122 valence electrons. The van der Waals surface area contributed by atoms with Gasteiger partial charge in [-0.25, -0.2) is 9.18 Å². The van der Waals surface area contributed by atoms with Crippen LogP contribution in [-0.2, 0) is 19.1 Å². The maximum Gasteiger partial charge on any atom is 0.330 e. The van der Waals surface area contributed by atoms with E-state index < -0.39 is 23.7 Å². The van der Waals surface area contributed by atoms with Gasteiger partial charge in [0.05, 0.1) is 13.2 Å². The van der Waals surface area contributed by atoms with Crippen molar-refractivity contribution in [3.8, 4) is 0 Å². The number of nitrogens with one attached hydrogen (secondary N) is 1. The average molecular weight is 313 g/mol. The predicted octanol–water partition coefficient (Wildman–Crippen LogP) is 1.43. The molecule has 1 atom stereocenters. The third kappa shape index (κ3) is 5.79. The Morgan fingerprint density at radius 2 is 2.00 bits per heavy atom. The van der Waals surface area contributed by atoms with Crippen LogP contribution in [0.4, 0.5) is 4.39 Å². The average Bonchev–Trinajstić information content (AvgIpc) is 2.47. The third-order valence-corrected chi connectivity index (χ3v) is 2.88. The molecule has 22 heavy (non-hydrogen) atoms. The Balaban J connectivity index is 2.59. The van der Waals surface area contributed by atoms with Crippen LogP contribution in [-0.4, -0.2) is 43.4 Å². The molecular weight excluding hydrogens is 293 g/mol. The SMILES string of the molecule is CCOCCOCC(=O)NC(C(=O)O)c1ccc(F)c(C)c1. The smallest absolute Gasteiger partial charge is 0.330 e. The van der Waals surface area contributed by atoms with E-state index in [0.717, 1.165) is 0 Å². The van der Waals surface area contributed by atoms with Crippen molar-refractivity contribution in [2.24, 2.45) is 0 Å². The summed E-state index contributed by atoms with van der Waals surface area (Å²) < 4.78 is 23.3. The summed E-state index contributed by atoms with van der Waals surface area (Å²) in [4.78, 5) is 23.0. The van der Waals surface area contributed by atoms with Crippen molar-refractivity contribution in [1.82, 2.24) is 5.32 Å². The molecule has 0 saturated heterocycles. The summed E-state index contributed by atoms with van der Waals surface area (Å²) in [5, 5.41) is 11.6. The second-order valence-corrected chi connectivity index (χ2v) is 4.60. The summed E-state index contributed by atoms with van der Waals surface area (Å²) in [6, 6.07) is 2.65. The molecule has 0 aromatic heterocycles. The number of carboxylic acid groups (broad SMARTS) is 1. The van der Waals surface area contributed by atoms with E-state index in [1.54, 1.807) is 0 Å². The van der Waals surface area contributed by atoms with Gasteiger partial charge in [-0.1, -0.05) is 12.1 Å². The number of rotatable bonds is 9. The second kappa shape index (κ2) is 9.11. The fourth-order valence-corrected chi connectivity index (χ4v) is 1.76. The van der Waals surface area contributed by atoms with Crippen LogP contribution in [0.2, 0.25) is 0 Å². The highest BCUT2D eigenvalue weighted by atomic mass is 19.1. The van der Waals surface area contributed by atoms with Gasteiger partial charge >= 0.3 is 5.97 Å². The second-order valence-electron chi connectivity index (χ2n) is 4.60. The highest BCUT2D eigenvalue weighted by Crippen LogP contribution is 2.17. The molecule has 0 heterocycles. The van der Waals surface area contributed by atoms with E-state index >= 15 is 0 Å². The summed E-state index contributed by atoms with van der Waals surface area (Å²) in [7, 11) is 0. The fraction of sp³-hybridized carbons (Fsp3) is 0.467. The van der Waals surface area contributed by atoms with E-state index in [1.165, 1.54) is 25.1 Å². The van der Waals surface area contributed by atoms with Crippen LogP contribution < -0.4 is 5.32 Å². The largest absolute Gasteiger partial charge is 0.479 e. The van der Waals surface area contributed by atoms with Gasteiger partial charge in [-0.2, -0.15) is 0 Å².